The molecule has 0 spiro atoms. The standard InChI is InChI=1S/C15H17FN2/c1-2-18-15(10-12-6-5-9-17-11-12)13-7-3-4-8-14(13)16/h3-9,11,15,18H,2,10H2,1H3. The van der Waals surface area contributed by atoms with E-state index in [4.69, 9.17) is 0 Å². The summed E-state index contributed by atoms with van der Waals surface area (Å²) in [5.41, 5.74) is 1.81. The molecule has 94 valence electrons. The molecule has 1 aromatic carbocycles. The van der Waals surface area contributed by atoms with Crippen LogP contribution in [0.2, 0.25) is 0 Å². The Morgan fingerprint density at radius 1 is 1.22 bits per heavy atom. The van der Waals surface area contributed by atoms with E-state index in [1.165, 1.54) is 6.07 Å². The molecule has 2 nitrogen and oxygen atoms in total. The molecule has 0 saturated heterocycles. The highest BCUT2D eigenvalue weighted by atomic mass is 19.1. The highest BCUT2D eigenvalue weighted by Crippen LogP contribution is 2.20. The number of aromatic nitrogens is 1. The van der Waals surface area contributed by atoms with Crippen molar-refractivity contribution in [3.05, 3.63) is 65.7 Å². The van der Waals surface area contributed by atoms with Crippen LogP contribution in [-0.4, -0.2) is 11.5 Å². The number of rotatable bonds is 5. The van der Waals surface area contributed by atoms with Gasteiger partial charge in [-0.2, -0.15) is 0 Å². The van der Waals surface area contributed by atoms with Crippen LogP contribution in [0.5, 0.6) is 0 Å². The van der Waals surface area contributed by atoms with Gasteiger partial charge >= 0.3 is 0 Å². The molecule has 0 radical (unpaired) electrons. The third-order valence-electron chi connectivity index (χ3n) is 2.89. The van der Waals surface area contributed by atoms with Gasteiger partial charge in [-0.05, 0) is 30.7 Å². The van der Waals surface area contributed by atoms with Crippen molar-refractivity contribution in [3.8, 4) is 0 Å². The summed E-state index contributed by atoms with van der Waals surface area (Å²) in [6, 6.07) is 10.8. The van der Waals surface area contributed by atoms with E-state index in [1.807, 2.05) is 37.4 Å². The van der Waals surface area contributed by atoms with E-state index in [0.29, 0.717) is 5.56 Å². The molecule has 0 aliphatic rings. The molecule has 1 unspecified atom stereocenters. The summed E-state index contributed by atoms with van der Waals surface area (Å²) in [6.45, 7) is 2.83. The van der Waals surface area contributed by atoms with Crippen LogP contribution in [0, 0.1) is 5.82 Å². The molecular formula is C15H17FN2. The minimum Gasteiger partial charge on any atom is -0.310 e. The van der Waals surface area contributed by atoms with Gasteiger partial charge in [0.05, 0.1) is 0 Å². The first-order valence-electron chi connectivity index (χ1n) is 6.18. The summed E-state index contributed by atoms with van der Waals surface area (Å²) in [5.74, 6) is -0.160. The van der Waals surface area contributed by atoms with Gasteiger partial charge < -0.3 is 5.32 Å². The van der Waals surface area contributed by atoms with Gasteiger partial charge in [-0.15, -0.1) is 0 Å². The van der Waals surface area contributed by atoms with Crippen LogP contribution >= 0.6 is 0 Å². The van der Waals surface area contributed by atoms with E-state index in [9.17, 15) is 4.39 Å². The molecule has 1 heterocycles. The maximum atomic E-state index is 13.8. The Kier molecular flexibility index (Phi) is 4.42. The number of nitrogens with one attached hydrogen (secondary N) is 1. The van der Waals surface area contributed by atoms with Gasteiger partial charge in [0.15, 0.2) is 0 Å². The molecule has 0 bridgehead atoms. The maximum Gasteiger partial charge on any atom is 0.127 e. The van der Waals surface area contributed by atoms with Crippen LogP contribution in [-0.2, 0) is 6.42 Å². The highest BCUT2D eigenvalue weighted by molar-refractivity contribution is 5.24. The first-order chi connectivity index (χ1) is 8.81. The fraction of sp³-hybridized carbons (Fsp3) is 0.267. The predicted octanol–water partition coefficient (Wildman–Crippen LogP) is 3.11. The molecule has 1 N–H and O–H groups in total. The van der Waals surface area contributed by atoms with E-state index >= 15 is 0 Å². The smallest absolute Gasteiger partial charge is 0.127 e. The van der Waals surface area contributed by atoms with Crippen LogP contribution in [0.3, 0.4) is 0 Å². The molecule has 1 atom stereocenters. The lowest BCUT2D eigenvalue weighted by molar-refractivity contribution is 0.509. The molecule has 0 saturated carbocycles. The number of hydrogen-bond donors (Lipinski definition) is 1. The Balaban J connectivity index is 2.21. The van der Waals surface area contributed by atoms with Crippen molar-refractivity contribution in [2.24, 2.45) is 0 Å². The van der Waals surface area contributed by atoms with Crippen molar-refractivity contribution in [2.45, 2.75) is 19.4 Å². The predicted molar refractivity (Wildman–Crippen MR) is 70.8 cm³/mol. The first-order valence-corrected chi connectivity index (χ1v) is 6.18. The summed E-state index contributed by atoms with van der Waals surface area (Å²) in [6.07, 6.45) is 4.31. The largest absolute Gasteiger partial charge is 0.310 e. The summed E-state index contributed by atoms with van der Waals surface area (Å²) in [5, 5.41) is 3.32. The Morgan fingerprint density at radius 3 is 2.72 bits per heavy atom. The van der Waals surface area contributed by atoms with Crippen LogP contribution in [0.1, 0.15) is 24.1 Å². The van der Waals surface area contributed by atoms with Gasteiger partial charge in [0.2, 0.25) is 0 Å². The zero-order chi connectivity index (χ0) is 12.8. The number of pyridine rings is 1. The molecule has 0 aliphatic heterocycles. The average molecular weight is 244 g/mol. The van der Waals surface area contributed by atoms with Crippen molar-refractivity contribution < 1.29 is 4.39 Å². The van der Waals surface area contributed by atoms with Crippen molar-refractivity contribution >= 4 is 0 Å². The van der Waals surface area contributed by atoms with Gasteiger partial charge in [-0.25, -0.2) is 4.39 Å². The van der Waals surface area contributed by atoms with Crippen molar-refractivity contribution in [2.75, 3.05) is 6.54 Å². The van der Waals surface area contributed by atoms with Crippen molar-refractivity contribution in [3.63, 3.8) is 0 Å². The second-order valence-electron chi connectivity index (χ2n) is 4.20. The summed E-state index contributed by atoms with van der Waals surface area (Å²) >= 11 is 0. The summed E-state index contributed by atoms with van der Waals surface area (Å²) < 4.78 is 13.8. The fourth-order valence-corrected chi connectivity index (χ4v) is 2.05. The monoisotopic (exact) mass is 244 g/mol. The second kappa shape index (κ2) is 6.26. The van der Waals surface area contributed by atoms with Crippen LogP contribution < -0.4 is 5.32 Å². The van der Waals surface area contributed by atoms with Gasteiger partial charge in [0, 0.05) is 24.0 Å². The lowest BCUT2D eigenvalue weighted by Crippen LogP contribution is -2.24. The topological polar surface area (TPSA) is 24.9 Å². The quantitative estimate of drug-likeness (QED) is 0.874. The summed E-state index contributed by atoms with van der Waals surface area (Å²) in [7, 11) is 0. The van der Waals surface area contributed by atoms with Gasteiger partial charge in [-0.3, -0.25) is 4.98 Å². The Bertz CT molecular complexity index is 485. The van der Waals surface area contributed by atoms with Gasteiger partial charge in [0.25, 0.3) is 0 Å². The minimum atomic E-state index is -0.160. The van der Waals surface area contributed by atoms with E-state index in [0.717, 1.165) is 18.5 Å². The lowest BCUT2D eigenvalue weighted by Gasteiger charge is -2.18. The molecular weight excluding hydrogens is 227 g/mol. The average Bonchev–Trinajstić information content (AvgIpc) is 2.40. The highest BCUT2D eigenvalue weighted by Gasteiger charge is 2.14. The van der Waals surface area contributed by atoms with Crippen molar-refractivity contribution in [1.82, 2.24) is 10.3 Å². The zero-order valence-electron chi connectivity index (χ0n) is 10.4. The Labute approximate surface area is 107 Å². The SMILES string of the molecule is CCNC(Cc1cccnc1)c1ccccc1F. The molecule has 0 amide bonds. The van der Waals surface area contributed by atoms with E-state index in [1.54, 1.807) is 12.3 Å². The van der Waals surface area contributed by atoms with E-state index in [2.05, 4.69) is 10.3 Å². The molecule has 2 aromatic rings. The normalized spacial score (nSPS) is 12.3. The molecule has 2 rings (SSSR count). The molecule has 18 heavy (non-hydrogen) atoms. The fourth-order valence-electron chi connectivity index (χ4n) is 2.05. The molecule has 0 fully saturated rings. The molecule has 0 aliphatic carbocycles. The third-order valence-corrected chi connectivity index (χ3v) is 2.89. The molecule has 3 heteroatoms. The maximum absolute atomic E-state index is 13.8. The number of benzene rings is 1. The number of likely N-dealkylation sites (N-methyl/N-ethyl adjacent to an activating group) is 1. The van der Waals surface area contributed by atoms with Gasteiger partial charge in [-0.1, -0.05) is 31.2 Å². The third kappa shape index (κ3) is 3.14. The molecule has 1 aromatic heterocycles. The van der Waals surface area contributed by atoms with Crippen LogP contribution in [0.25, 0.3) is 0 Å². The number of hydrogen-bond acceptors (Lipinski definition) is 2. The summed E-state index contributed by atoms with van der Waals surface area (Å²) in [4.78, 5) is 4.09. The number of nitrogens with zero attached hydrogens (tertiary/aromatic N) is 1. The van der Waals surface area contributed by atoms with Gasteiger partial charge in [0.1, 0.15) is 5.82 Å². The minimum absolute atomic E-state index is 0.0135. The first kappa shape index (κ1) is 12.7. The second-order valence-corrected chi connectivity index (χ2v) is 4.20. The van der Waals surface area contributed by atoms with E-state index in [-0.39, 0.29) is 11.9 Å². The Morgan fingerprint density at radius 2 is 2.06 bits per heavy atom. The number of halogens is 1. The van der Waals surface area contributed by atoms with E-state index < -0.39 is 0 Å². The van der Waals surface area contributed by atoms with Crippen LogP contribution in [0.4, 0.5) is 4.39 Å². The van der Waals surface area contributed by atoms with Crippen LogP contribution in [0.15, 0.2) is 48.8 Å². The Hall–Kier alpha value is -1.74. The van der Waals surface area contributed by atoms with Crippen molar-refractivity contribution in [1.29, 1.82) is 0 Å². The lowest BCUT2D eigenvalue weighted by atomic mass is 9.99. The zero-order valence-corrected chi connectivity index (χ0v) is 10.4.